The van der Waals surface area contributed by atoms with Crippen molar-refractivity contribution in [3.05, 3.63) is 18.2 Å². The highest BCUT2D eigenvalue weighted by Crippen LogP contribution is 2.39. The molecule has 6 heteroatoms. The molecule has 1 atom stereocenters. The van der Waals surface area contributed by atoms with Gasteiger partial charge in [-0.05, 0) is 25.1 Å². The second-order valence-electron chi connectivity index (χ2n) is 6.33. The maximum atomic E-state index is 6.27. The number of rotatable bonds is 6. The van der Waals surface area contributed by atoms with E-state index in [-0.39, 0.29) is 11.1 Å². The summed E-state index contributed by atoms with van der Waals surface area (Å²) in [5, 5.41) is 0.972. The summed E-state index contributed by atoms with van der Waals surface area (Å²) in [6.07, 6.45) is 3.31. The molecule has 0 fully saturated rings. The van der Waals surface area contributed by atoms with Gasteiger partial charge in [0.1, 0.15) is 6.10 Å². The molecule has 114 valence electrons. The molecule has 1 rings (SSSR count). The van der Waals surface area contributed by atoms with Crippen LogP contribution in [-0.4, -0.2) is 30.2 Å². The number of hydrogen-bond acceptors (Lipinski definition) is 4. The molecule has 0 saturated heterocycles. The van der Waals surface area contributed by atoms with E-state index in [2.05, 4.69) is 59.8 Å². The van der Waals surface area contributed by atoms with Gasteiger partial charge < -0.3 is 9.16 Å². The molecule has 4 nitrogen and oxygen atoms in total. The van der Waals surface area contributed by atoms with Gasteiger partial charge in [0.15, 0.2) is 19.9 Å². The van der Waals surface area contributed by atoms with E-state index in [4.69, 9.17) is 9.16 Å². The maximum absolute atomic E-state index is 6.27. The van der Waals surface area contributed by atoms with E-state index >= 15 is 0 Å². The molecule has 1 aromatic heterocycles. The van der Waals surface area contributed by atoms with Crippen LogP contribution in [0.4, 0.5) is 0 Å². The molecule has 1 aromatic rings. The van der Waals surface area contributed by atoms with Crippen LogP contribution in [0.25, 0.3) is 0 Å². The SMILES string of the molecule is CC(O[Si](C)(C)C(C)(C)C)c1ncc(OCCBr)cn1. The Balaban J connectivity index is 2.71. The largest absolute Gasteiger partial charge is 0.489 e. The fraction of sp³-hybridized carbons (Fsp3) is 0.714. The predicted octanol–water partition coefficient (Wildman–Crippen LogP) is 4.33. The normalized spacial score (nSPS) is 14.2. The zero-order chi connectivity index (χ0) is 15.4. The van der Waals surface area contributed by atoms with E-state index in [1.165, 1.54) is 0 Å². The summed E-state index contributed by atoms with van der Waals surface area (Å²) in [6, 6.07) is 0. The first-order chi connectivity index (χ1) is 9.17. The lowest BCUT2D eigenvalue weighted by atomic mass is 10.2. The minimum absolute atomic E-state index is 0.0962. The molecular formula is C14H25BrN2O2Si. The van der Waals surface area contributed by atoms with Crippen LogP contribution in [-0.2, 0) is 4.43 Å². The van der Waals surface area contributed by atoms with Gasteiger partial charge in [0.25, 0.3) is 0 Å². The Morgan fingerprint density at radius 1 is 1.25 bits per heavy atom. The zero-order valence-corrected chi connectivity index (χ0v) is 15.8. The van der Waals surface area contributed by atoms with Gasteiger partial charge in [0.05, 0.1) is 19.0 Å². The minimum atomic E-state index is -1.80. The number of nitrogens with zero attached hydrogens (tertiary/aromatic N) is 2. The molecule has 0 radical (unpaired) electrons. The number of aromatic nitrogens is 2. The van der Waals surface area contributed by atoms with Gasteiger partial charge in [-0.2, -0.15) is 0 Å². The molecule has 0 aliphatic rings. The molecule has 0 bridgehead atoms. The Bertz CT molecular complexity index is 418. The first-order valence-electron chi connectivity index (χ1n) is 6.86. The third-order valence-electron chi connectivity index (χ3n) is 3.64. The highest BCUT2D eigenvalue weighted by Gasteiger charge is 2.39. The van der Waals surface area contributed by atoms with Crippen LogP contribution in [0.5, 0.6) is 5.75 Å². The summed E-state index contributed by atoms with van der Waals surface area (Å²) in [5.41, 5.74) is 0. The quantitative estimate of drug-likeness (QED) is 0.559. The van der Waals surface area contributed by atoms with Crippen molar-refractivity contribution >= 4 is 24.2 Å². The van der Waals surface area contributed by atoms with E-state index in [9.17, 15) is 0 Å². The van der Waals surface area contributed by atoms with Crippen LogP contribution in [0, 0.1) is 0 Å². The number of alkyl halides is 1. The molecular weight excluding hydrogens is 336 g/mol. The third kappa shape index (κ3) is 4.82. The molecule has 1 heterocycles. The fourth-order valence-corrected chi connectivity index (χ4v) is 2.94. The van der Waals surface area contributed by atoms with Crippen LogP contribution in [0.3, 0.4) is 0 Å². The van der Waals surface area contributed by atoms with Crippen LogP contribution < -0.4 is 4.74 Å². The van der Waals surface area contributed by atoms with Crippen molar-refractivity contribution in [2.45, 2.75) is 51.9 Å². The van der Waals surface area contributed by atoms with Gasteiger partial charge in [-0.25, -0.2) is 9.97 Å². The van der Waals surface area contributed by atoms with Crippen molar-refractivity contribution in [3.63, 3.8) is 0 Å². The molecule has 0 N–H and O–H groups in total. The number of halogens is 1. The zero-order valence-electron chi connectivity index (χ0n) is 13.2. The van der Waals surface area contributed by atoms with Crippen molar-refractivity contribution in [3.8, 4) is 5.75 Å². The second-order valence-corrected chi connectivity index (χ2v) is 11.9. The van der Waals surface area contributed by atoms with Crippen LogP contribution in [0.1, 0.15) is 39.6 Å². The minimum Gasteiger partial charge on any atom is -0.489 e. The molecule has 1 unspecified atom stereocenters. The molecule has 0 aliphatic carbocycles. The van der Waals surface area contributed by atoms with E-state index in [0.717, 1.165) is 5.33 Å². The highest BCUT2D eigenvalue weighted by molar-refractivity contribution is 9.09. The monoisotopic (exact) mass is 360 g/mol. The Labute approximate surface area is 131 Å². The first-order valence-corrected chi connectivity index (χ1v) is 10.9. The van der Waals surface area contributed by atoms with Crippen molar-refractivity contribution < 1.29 is 9.16 Å². The molecule has 0 saturated carbocycles. The highest BCUT2D eigenvalue weighted by atomic mass is 79.9. The van der Waals surface area contributed by atoms with Gasteiger partial charge in [-0.15, -0.1) is 0 Å². The standard InChI is InChI=1S/C14H25BrN2O2Si/c1-11(19-20(5,6)14(2,3)4)13-16-9-12(10-17-13)18-8-7-15/h9-11H,7-8H2,1-6H3. The van der Waals surface area contributed by atoms with Crippen LogP contribution >= 0.6 is 15.9 Å². The summed E-state index contributed by atoms with van der Waals surface area (Å²) in [6.45, 7) is 13.8. The van der Waals surface area contributed by atoms with Crippen molar-refractivity contribution in [1.82, 2.24) is 9.97 Å². The summed E-state index contributed by atoms with van der Waals surface area (Å²) in [5.74, 6) is 1.40. The smallest absolute Gasteiger partial charge is 0.193 e. The lowest BCUT2D eigenvalue weighted by Crippen LogP contribution is -2.41. The van der Waals surface area contributed by atoms with Crippen molar-refractivity contribution in [2.75, 3.05) is 11.9 Å². The fourth-order valence-electron chi connectivity index (χ4n) is 1.44. The maximum Gasteiger partial charge on any atom is 0.193 e. The average Bonchev–Trinajstić information content (AvgIpc) is 2.35. The Hall–Kier alpha value is -0.463. The number of hydrogen-bond donors (Lipinski definition) is 0. The number of ether oxygens (including phenoxy) is 1. The van der Waals surface area contributed by atoms with Gasteiger partial charge in [-0.1, -0.05) is 36.7 Å². The predicted molar refractivity (Wildman–Crippen MR) is 88.0 cm³/mol. The summed E-state index contributed by atoms with van der Waals surface area (Å²) < 4.78 is 11.7. The topological polar surface area (TPSA) is 44.2 Å². The van der Waals surface area contributed by atoms with E-state index in [1.54, 1.807) is 12.4 Å². The van der Waals surface area contributed by atoms with Crippen molar-refractivity contribution in [2.24, 2.45) is 0 Å². The van der Waals surface area contributed by atoms with E-state index < -0.39 is 8.32 Å². The lowest BCUT2D eigenvalue weighted by molar-refractivity contribution is 0.193. The van der Waals surface area contributed by atoms with E-state index in [1.807, 2.05) is 6.92 Å². The summed E-state index contributed by atoms with van der Waals surface area (Å²) >= 11 is 3.31. The molecule has 0 spiro atoms. The van der Waals surface area contributed by atoms with Crippen LogP contribution in [0.15, 0.2) is 12.4 Å². The van der Waals surface area contributed by atoms with E-state index in [0.29, 0.717) is 18.2 Å². The van der Waals surface area contributed by atoms with Gasteiger partial charge in [0, 0.05) is 5.33 Å². The molecule has 0 aliphatic heterocycles. The average molecular weight is 361 g/mol. The third-order valence-corrected chi connectivity index (χ3v) is 8.51. The van der Waals surface area contributed by atoms with Crippen LogP contribution in [0.2, 0.25) is 18.1 Å². The molecule has 20 heavy (non-hydrogen) atoms. The van der Waals surface area contributed by atoms with Crippen molar-refractivity contribution in [1.29, 1.82) is 0 Å². The Kier molecular flexibility index (Phi) is 6.16. The Morgan fingerprint density at radius 3 is 2.25 bits per heavy atom. The van der Waals surface area contributed by atoms with Gasteiger partial charge >= 0.3 is 0 Å². The van der Waals surface area contributed by atoms with Gasteiger partial charge in [0.2, 0.25) is 0 Å². The lowest BCUT2D eigenvalue weighted by Gasteiger charge is -2.38. The first kappa shape index (κ1) is 17.6. The van der Waals surface area contributed by atoms with Gasteiger partial charge in [-0.3, -0.25) is 0 Å². The summed E-state index contributed by atoms with van der Waals surface area (Å²) in [7, 11) is -1.80. The summed E-state index contributed by atoms with van der Waals surface area (Å²) in [4.78, 5) is 8.69. The molecule has 0 aromatic carbocycles. The molecule has 0 amide bonds. The second kappa shape index (κ2) is 7.00. The Morgan fingerprint density at radius 2 is 1.80 bits per heavy atom.